The Balaban J connectivity index is 1.71. The first-order valence-electron chi connectivity index (χ1n) is 11.7. The van der Waals surface area contributed by atoms with Gasteiger partial charge in [0.1, 0.15) is 0 Å². The van der Waals surface area contributed by atoms with Crippen molar-refractivity contribution in [1.82, 2.24) is 30.1 Å². The Morgan fingerprint density at radius 3 is 2.69 bits per heavy atom. The maximum absolute atomic E-state index is 13.0. The minimum atomic E-state index is -0.0161. The third-order valence-corrected chi connectivity index (χ3v) is 6.83. The summed E-state index contributed by atoms with van der Waals surface area (Å²) >= 11 is 0. The highest BCUT2D eigenvalue weighted by atomic mass is 16.5. The normalized spacial score (nSPS) is 15.8. The molecule has 0 unspecified atom stereocenters. The molecule has 1 aliphatic rings. The number of rotatable bonds is 9. The Morgan fingerprint density at radius 1 is 1.22 bits per heavy atom. The first-order chi connectivity index (χ1) is 15.5. The molecule has 4 rings (SSSR count). The largest absolute Gasteiger partial charge is 0.383 e. The van der Waals surface area contributed by atoms with Crippen LogP contribution < -0.4 is 5.56 Å². The zero-order chi connectivity index (χ0) is 22.7. The van der Waals surface area contributed by atoms with Crippen LogP contribution in [-0.2, 0) is 17.8 Å². The number of nitrogens with zero attached hydrogens (tertiary/aromatic N) is 5. The maximum Gasteiger partial charge on any atom is 0.252 e. The molecule has 8 heteroatoms. The fourth-order valence-electron chi connectivity index (χ4n) is 4.92. The molecule has 1 N–H and O–H groups in total. The third-order valence-electron chi connectivity index (χ3n) is 6.83. The van der Waals surface area contributed by atoms with Crippen LogP contribution in [0.2, 0.25) is 0 Å². The first-order valence-corrected chi connectivity index (χ1v) is 11.7. The van der Waals surface area contributed by atoms with E-state index in [1.54, 1.807) is 7.11 Å². The van der Waals surface area contributed by atoms with Crippen LogP contribution in [0.4, 0.5) is 0 Å². The number of benzene rings is 1. The van der Waals surface area contributed by atoms with Gasteiger partial charge in [-0.15, -0.1) is 5.10 Å². The zero-order valence-corrected chi connectivity index (χ0v) is 19.6. The summed E-state index contributed by atoms with van der Waals surface area (Å²) < 4.78 is 7.08. The highest BCUT2D eigenvalue weighted by molar-refractivity contribution is 5.80. The van der Waals surface area contributed by atoms with Crippen LogP contribution in [0.1, 0.15) is 67.6 Å². The number of hydrogen-bond acceptors (Lipinski definition) is 6. The molecule has 1 saturated carbocycles. The fraction of sp³-hybridized carbons (Fsp3) is 0.583. The molecule has 0 radical (unpaired) electrons. The van der Waals surface area contributed by atoms with Crippen LogP contribution in [0.3, 0.4) is 0 Å². The second-order valence-electron chi connectivity index (χ2n) is 8.94. The monoisotopic (exact) mass is 438 g/mol. The van der Waals surface area contributed by atoms with Crippen molar-refractivity contribution in [2.45, 2.75) is 78.0 Å². The van der Waals surface area contributed by atoms with Crippen molar-refractivity contribution in [1.29, 1.82) is 0 Å². The Bertz CT molecular complexity index is 1120. The van der Waals surface area contributed by atoms with Crippen molar-refractivity contribution in [2.24, 2.45) is 0 Å². The van der Waals surface area contributed by atoms with Crippen LogP contribution in [0.15, 0.2) is 23.0 Å². The summed E-state index contributed by atoms with van der Waals surface area (Å²) in [5, 5.41) is 13.6. The van der Waals surface area contributed by atoms with Gasteiger partial charge in [0.15, 0.2) is 5.82 Å². The van der Waals surface area contributed by atoms with Gasteiger partial charge in [-0.1, -0.05) is 19.8 Å². The number of H-pyrrole nitrogens is 1. The molecule has 1 fully saturated rings. The predicted octanol–water partition coefficient (Wildman–Crippen LogP) is 3.67. The Morgan fingerprint density at radius 2 is 1.97 bits per heavy atom. The summed E-state index contributed by atoms with van der Waals surface area (Å²) in [6.07, 6.45) is 5.59. The molecular weight excluding hydrogens is 404 g/mol. The number of aryl methyl sites for hydroxylation is 2. The number of aromatic amines is 1. The lowest BCUT2D eigenvalue weighted by Gasteiger charge is -2.35. The lowest BCUT2D eigenvalue weighted by molar-refractivity contribution is 0.109. The molecule has 32 heavy (non-hydrogen) atoms. The van der Waals surface area contributed by atoms with E-state index in [1.165, 1.54) is 24.0 Å². The molecule has 1 atom stereocenters. The Labute approximate surface area is 189 Å². The van der Waals surface area contributed by atoms with Crippen LogP contribution in [-0.4, -0.2) is 49.8 Å². The minimum Gasteiger partial charge on any atom is -0.383 e. The molecule has 8 nitrogen and oxygen atoms in total. The molecule has 0 spiro atoms. The third kappa shape index (κ3) is 4.61. The SMILES string of the molecule is CC[C@H](c1nnnn1CCOC)N(Cc1cc2cc(C)c(C)cc2[nH]c1=O)C1CCCC1. The summed E-state index contributed by atoms with van der Waals surface area (Å²) in [7, 11) is 1.68. The van der Waals surface area contributed by atoms with Gasteiger partial charge in [0.25, 0.3) is 5.56 Å². The lowest BCUT2D eigenvalue weighted by Crippen LogP contribution is -2.39. The molecule has 1 aromatic carbocycles. The van der Waals surface area contributed by atoms with E-state index in [0.29, 0.717) is 25.7 Å². The van der Waals surface area contributed by atoms with Gasteiger partial charge in [0.2, 0.25) is 0 Å². The molecule has 0 aliphatic heterocycles. The first kappa shape index (κ1) is 22.6. The zero-order valence-electron chi connectivity index (χ0n) is 19.6. The van der Waals surface area contributed by atoms with Crippen molar-refractivity contribution in [2.75, 3.05) is 13.7 Å². The second-order valence-corrected chi connectivity index (χ2v) is 8.94. The van der Waals surface area contributed by atoms with E-state index >= 15 is 0 Å². The number of ether oxygens (including phenoxy) is 1. The van der Waals surface area contributed by atoms with Gasteiger partial charge < -0.3 is 9.72 Å². The van der Waals surface area contributed by atoms with Crippen LogP contribution in [0.5, 0.6) is 0 Å². The molecule has 0 saturated heterocycles. The van der Waals surface area contributed by atoms with Gasteiger partial charge in [-0.3, -0.25) is 9.69 Å². The maximum atomic E-state index is 13.0. The molecule has 0 bridgehead atoms. The highest BCUT2D eigenvalue weighted by Gasteiger charge is 2.32. The number of pyridine rings is 1. The van der Waals surface area contributed by atoms with E-state index in [1.807, 2.05) is 4.68 Å². The minimum absolute atomic E-state index is 0.0161. The van der Waals surface area contributed by atoms with Gasteiger partial charge in [0.05, 0.1) is 19.2 Å². The summed E-state index contributed by atoms with van der Waals surface area (Å²) in [4.78, 5) is 18.6. The van der Waals surface area contributed by atoms with E-state index in [4.69, 9.17) is 4.74 Å². The van der Waals surface area contributed by atoms with Crippen molar-refractivity contribution in [3.8, 4) is 0 Å². The average Bonchev–Trinajstić information content (AvgIpc) is 3.46. The van der Waals surface area contributed by atoms with Crippen LogP contribution in [0.25, 0.3) is 10.9 Å². The smallest absolute Gasteiger partial charge is 0.252 e. The van der Waals surface area contributed by atoms with Gasteiger partial charge in [0, 0.05) is 30.8 Å². The number of methoxy groups -OCH3 is 1. The standard InChI is InChI=1S/C24H34N6O2/c1-5-22(23-26-27-28-30(23)10-11-32-4)29(20-8-6-7-9-20)15-19-14-18-12-16(2)17(3)13-21(18)25-24(19)31/h12-14,20,22H,5-11,15H2,1-4H3,(H,25,31)/t22-/m1/s1. The van der Waals surface area contributed by atoms with Crippen molar-refractivity contribution >= 4 is 10.9 Å². The highest BCUT2D eigenvalue weighted by Crippen LogP contribution is 2.33. The number of fused-ring (bicyclic) bond motifs is 1. The van der Waals surface area contributed by atoms with Crippen LogP contribution >= 0.6 is 0 Å². The molecule has 1 aliphatic carbocycles. The van der Waals surface area contributed by atoms with E-state index in [9.17, 15) is 4.79 Å². The molecule has 3 aromatic rings. The van der Waals surface area contributed by atoms with Gasteiger partial charge in [-0.25, -0.2) is 4.68 Å². The topological polar surface area (TPSA) is 88.9 Å². The van der Waals surface area contributed by atoms with Crippen molar-refractivity contribution in [3.63, 3.8) is 0 Å². The summed E-state index contributed by atoms with van der Waals surface area (Å²) in [6, 6.07) is 6.74. The molecule has 2 heterocycles. The Hall–Kier alpha value is -2.58. The fourth-order valence-corrected chi connectivity index (χ4v) is 4.92. The molecular formula is C24H34N6O2. The van der Waals surface area contributed by atoms with Gasteiger partial charge in [-0.2, -0.15) is 0 Å². The van der Waals surface area contributed by atoms with Gasteiger partial charge >= 0.3 is 0 Å². The van der Waals surface area contributed by atoms with Crippen LogP contribution in [0, 0.1) is 13.8 Å². The molecule has 2 aromatic heterocycles. The second kappa shape index (κ2) is 9.92. The van der Waals surface area contributed by atoms with Gasteiger partial charge in [-0.05, 0) is 78.2 Å². The molecule has 172 valence electrons. The number of aromatic nitrogens is 5. The van der Waals surface area contributed by atoms with E-state index in [2.05, 4.69) is 64.4 Å². The number of nitrogens with one attached hydrogen (secondary N) is 1. The van der Waals surface area contributed by atoms with Crippen molar-refractivity contribution in [3.05, 3.63) is 51.1 Å². The average molecular weight is 439 g/mol. The van der Waals surface area contributed by atoms with E-state index in [-0.39, 0.29) is 11.6 Å². The summed E-state index contributed by atoms with van der Waals surface area (Å²) in [6.45, 7) is 8.10. The quantitative estimate of drug-likeness (QED) is 0.548. The van der Waals surface area contributed by atoms with E-state index < -0.39 is 0 Å². The molecule has 0 amide bonds. The summed E-state index contributed by atoms with van der Waals surface area (Å²) in [5.41, 5.74) is 4.08. The van der Waals surface area contributed by atoms with E-state index in [0.717, 1.165) is 41.6 Å². The lowest BCUT2D eigenvalue weighted by atomic mass is 10.0. The number of tetrazole rings is 1. The Kier molecular flexibility index (Phi) is 7.01. The number of hydrogen-bond donors (Lipinski definition) is 1. The predicted molar refractivity (Wildman–Crippen MR) is 125 cm³/mol. The van der Waals surface area contributed by atoms with Crippen molar-refractivity contribution < 1.29 is 4.74 Å². The summed E-state index contributed by atoms with van der Waals surface area (Å²) in [5.74, 6) is 0.847.